The maximum Gasteiger partial charge on any atom is 0.246 e. The molecule has 1 aromatic carbocycles. The van der Waals surface area contributed by atoms with E-state index in [0.717, 1.165) is 6.07 Å². The molecule has 1 aliphatic rings. The minimum atomic E-state index is -3.88. The van der Waals surface area contributed by atoms with Gasteiger partial charge in [-0.2, -0.15) is 4.31 Å². The molecule has 2 aromatic rings. The molecule has 0 unspecified atom stereocenters. The molecular formula is C16H19FN4O4S. The van der Waals surface area contributed by atoms with Crippen LogP contribution in [0.1, 0.15) is 5.76 Å². The third-order valence-corrected chi connectivity index (χ3v) is 5.98. The summed E-state index contributed by atoms with van der Waals surface area (Å²) in [5.74, 6) is -0.0959. The Morgan fingerprint density at radius 3 is 2.58 bits per heavy atom. The van der Waals surface area contributed by atoms with E-state index in [9.17, 15) is 17.6 Å². The molecule has 2 heterocycles. The van der Waals surface area contributed by atoms with Crippen LogP contribution in [0.15, 0.2) is 39.8 Å². The van der Waals surface area contributed by atoms with Crippen LogP contribution in [0.2, 0.25) is 0 Å². The van der Waals surface area contributed by atoms with Gasteiger partial charge in [-0.05, 0) is 19.1 Å². The minimum Gasteiger partial charge on any atom is -0.360 e. The number of piperazine rings is 1. The van der Waals surface area contributed by atoms with Crippen molar-refractivity contribution in [1.29, 1.82) is 0 Å². The molecule has 0 saturated carbocycles. The first-order chi connectivity index (χ1) is 12.4. The number of anilines is 1. The number of carbonyl (C=O) groups excluding carboxylic acids is 1. The molecule has 1 fully saturated rings. The van der Waals surface area contributed by atoms with E-state index < -0.39 is 15.8 Å². The van der Waals surface area contributed by atoms with Crippen LogP contribution in [-0.2, 0) is 14.8 Å². The van der Waals surface area contributed by atoms with Gasteiger partial charge >= 0.3 is 0 Å². The average molecular weight is 382 g/mol. The highest BCUT2D eigenvalue weighted by molar-refractivity contribution is 7.89. The molecule has 10 heteroatoms. The lowest BCUT2D eigenvalue weighted by Crippen LogP contribution is -2.50. The van der Waals surface area contributed by atoms with Crippen LogP contribution in [0.3, 0.4) is 0 Å². The molecule has 0 radical (unpaired) electrons. The summed E-state index contributed by atoms with van der Waals surface area (Å²) in [7, 11) is -3.88. The highest BCUT2D eigenvalue weighted by Crippen LogP contribution is 2.20. The van der Waals surface area contributed by atoms with Gasteiger partial charge < -0.3 is 9.84 Å². The molecule has 0 bridgehead atoms. The van der Waals surface area contributed by atoms with E-state index in [0.29, 0.717) is 24.7 Å². The number of nitrogens with zero attached hydrogens (tertiary/aromatic N) is 3. The Hall–Kier alpha value is -2.30. The van der Waals surface area contributed by atoms with Gasteiger partial charge in [-0.25, -0.2) is 12.8 Å². The summed E-state index contributed by atoms with van der Waals surface area (Å²) in [5, 5.41) is 6.30. The van der Waals surface area contributed by atoms with E-state index in [1.807, 2.05) is 4.90 Å². The molecule has 1 N–H and O–H groups in total. The first-order valence-corrected chi connectivity index (χ1v) is 9.50. The fraction of sp³-hybridized carbons (Fsp3) is 0.375. The second-order valence-corrected chi connectivity index (χ2v) is 7.89. The topological polar surface area (TPSA) is 95.8 Å². The summed E-state index contributed by atoms with van der Waals surface area (Å²) < 4.78 is 45.0. The quantitative estimate of drug-likeness (QED) is 0.831. The second kappa shape index (κ2) is 7.52. The van der Waals surface area contributed by atoms with E-state index in [1.54, 1.807) is 13.0 Å². The van der Waals surface area contributed by atoms with Gasteiger partial charge in [0.05, 0.1) is 6.54 Å². The molecule has 0 aliphatic carbocycles. The van der Waals surface area contributed by atoms with E-state index in [-0.39, 0.29) is 30.4 Å². The van der Waals surface area contributed by atoms with Crippen molar-refractivity contribution in [2.24, 2.45) is 0 Å². The van der Waals surface area contributed by atoms with Crippen molar-refractivity contribution in [2.75, 3.05) is 38.0 Å². The molecule has 3 rings (SSSR count). The molecular weight excluding hydrogens is 363 g/mol. The SMILES string of the molecule is Cc1cc(NC(=O)CN2CCN(S(=O)(=O)c3ccccc3F)CC2)no1. The Bertz CT molecular complexity index is 891. The van der Waals surface area contributed by atoms with Crippen LogP contribution >= 0.6 is 0 Å². The van der Waals surface area contributed by atoms with Gasteiger partial charge in [0.25, 0.3) is 0 Å². The molecule has 1 amide bonds. The minimum absolute atomic E-state index is 0.111. The van der Waals surface area contributed by atoms with Crippen molar-refractivity contribution >= 4 is 21.7 Å². The number of carbonyl (C=O) groups is 1. The Morgan fingerprint density at radius 2 is 1.96 bits per heavy atom. The highest BCUT2D eigenvalue weighted by Gasteiger charge is 2.30. The third-order valence-electron chi connectivity index (χ3n) is 4.05. The van der Waals surface area contributed by atoms with Crippen LogP contribution in [0, 0.1) is 12.7 Å². The summed E-state index contributed by atoms with van der Waals surface area (Å²) in [5.41, 5.74) is 0. The van der Waals surface area contributed by atoms with Crippen LogP contribution in [0.5, 0.6) is 0 Å². The Kier molecular flexibility index (Phi) is 5.35. The predicted molar refractivity (Wildman–Crippen MR) is 91.5 cm³/mol. The van der Waals surface area contributed by atoms with Gasteiger partial charge in [0.15, 0.2) is 5.82 Å². The molecule has 1 aliphatic heterocycles. The zero-order valence-electron chi connectivity index (χ0n) is 14.2. The van der Waals surface area contributed by atoms with Crippen molar-refractivity contribution in [3.05, 3.63) is 41.9 Å². The molecule has 1 aromatic heterocycles. The number of nitrogens with one attached hydrogen (secondary N) is 1. The number of hydrogen-bond acceptors (Lipinski definition) is 6. The van der Waals surface area contributed by atoms with Gasteiger partial charge in [-0.15, -0.1) is 0 Å². The maximum atomic E-state index is 13.8. The molecule has 8 nitrogen and oxygen atoms in total. The predicted octanol–water partition coefficient (Wildman–Crippen LogP) is 1.07. The Balaban J connectivity index is 1.55. The summed E-state index contributed by atoms with van der Waals surface area (Å²) in [6.45, 7) is 2.95. The van der Waals surface area contributed by atoms with Gasteiger partial charge in [0.2, 0.25) is 15.9 Å². The number of aryl methyl sites for hydroxylation is 1. The lowest BCUT2D eigenvalue weighted by atomic mass is 10.3. The monoisotopic (exact) mass is 382 g/mol. The summed E-state index contributed by atoms with van der Waals surface area (Å²) in [4.78, 5) is 13.5. The van der Waals surface area contributed by atoms with Crippen LogP contribution in [0.4, 0.5) is 10.2 Å². The van der Waals surface area contributed by atoms with Gasteiger partial charge in [0, 0.05) is 32.2 Å². The zero-order valence-corrected chi connectivity index (χ0v) is 15.0. The summed E-state index contributed by atoms with van der Waals surface area (Å²) in [6.07, 6.45) is 0. The molecule has 26 heavy (non-hydrogen) atoms. The smallest absolute Gasteiger partial charge is 0.246 e. The first kappa shape index (κ1) is 18.5. The largest absolute Gasteiger partial charge is 0.360 e. The fourth-order valence-electron chi connectivity index (χ4n) is 2.73. The zero-order chi connectivity index (χ0) is 18.7. The van der Waals surface area contributed by atoms with E-state index in [4.69, 9.17) is 4.52 Å². The average Bonchev–Trinajstić information content (AvgIpc) is 3.00. The van der Waals surface area contributed by atoms with Gasteiger partial charge in [-0.1, -0.05) is 17.3 Å². The molecule has 0 atom stereocenters. The molecule has 140 valence electrons. The molecule has 1 saturated heterocycles. The van der Waals surface area contributed by atoms with Gasteiger partial charge in [-0.3, -0.25) is 9.69 Å². The van der Waals surface area contributed by atoms with Crippen LogP contribution < -0.4 is 5.32 Å². The molecule has 0 spiro atoms. The van der Waals surface area contributed by atoms with Crippen molar-refractivity contribution in [2.45, 2.75) is 11.8 Å². The first-order valence-electron chi connectivity index (χ1n) is 8.06. The number of benzene rings is 1. The lowest BCUT2D eigenvalue weighted by Gasteiger charge is -2.33. The van der Waals surface area contributed by atoms with Crippen LogP contribution in [0.25, 0.3) is 0 Å². The lowest BCUT2D eigenvalue weighted by molar-refractivity contribution is -0.117. The fourth-order valence-corrected chi connectivity index (χ4v) is 4.22. The van der Waals surface area contributed by atoms with Crippen molar-refractivity contribution < 1.29 is 22.1 Å². The van der Waals surface area contributed by atoms with Crippen molar-refractivity contribution in [1.82, 2.24) is 14.4 Å². The standard InChI is InChI=1S/C16H19FN4O4S/c1-12-10-15(19-25-12)18-16(22)11-20-6-8-21(9-7-20)26(23,24)14-5-3-2-4-13(14)17/h2-5,10H,6-9,11H2,1H3,(H,18,19,22). The van der Waals surface area contributed by atoms with E-state index in [1.165, 1.54) is 22.5 Å². The number of halogens is 1. The number of sulfonamides is 1. The number of aromatic nitrogens is 1. The number of rotatable bonds is 5. The number of hydrogen-bond donors (Lipinski definition) is 1. The summed E-state index contributed by atoms with van der Waals surface area (Å²) in [6, 6.07) is 6.92. The van der Waals surface area contributed by atoms with Crippen LogP contribution in [-0.4, -0.2) is 61.4 Å². The highest BCUT2D eigenvalue weighted by atomic mass is 32.2. The Labute approximate surface area is 150 Å². The van der Waals surface area contributed by atoms with Crippen molar-refractivity contribution in [3.8, 4) is 0 Å². The van der Waals surface area contributed by atoms with E-state index >= 15 is 0 Å². The second-order valence-electron chi connectivity index (χ2n) is 5.98. The Morgan fingerprint density at radius 1 is 1.27 bits per heavy atom. The van der Waals surface area contributed by atoms with Gasteiger partial charge in [0.1, 0.15) is 16.5 Å². The normalized spacial score (nSPS) is 16.5. The maximum absolute atomic E-state index is 13.8. The van der Waals surface area contributed by atoms with Crippen molar-refractivity contribution in [3.63, 3.8) is 0 Å². The summed E-state index contributed by atoms with van der Waals surface area (Å²) >= 11 is 0. The number of amides is 1. The van der Waals surface area contributed by atoms with E-state index in [2.05, 4.69) is 10.5 Å². The third kappa shape index (κ3) is 4.09.